The Bertz CT molecular complexity index is 648. The van der Waals surface area contributed by atoms with Gasteiger partial charge in [-0.2, -0.15) is 10.2 Å². The minimum atomic E-state index is 0. The smallest absolute Gasteiger partial charge is 0.228 e. The van der Waals surface area contributed by atoms with E-state index < -0.39 is 0 Å². The lowest BCUT2D eigenvalue weighted by atomic mass is 9.95. The number of aromatic amines is 1. The highest BCUT2D eigenvalue weighted by atomic mass is 35.5. The molecule has 1 amide bonds. The van der Waals surface area contributed by atoms with Crippen molar-refractivity contribution in [3.63, 3.8) is 0 Å². The van der Waals surface area contributed by atoms with E-state index in [0.29, 0.717) is 18.3 Å². The van der Waals surface area contributed by atoms with E-state index in [2.05, 4.69) is 20.6 Å². The third-order valence-electron chi connectivity index (χ3n) is 4.26. The van der Waals surface area contributed by atoms with Crippen molar-refractivity contribution in [3.8, 4) is 0 Å². The molecule has 0 unspecified atom stereocenters. The first-order valence-corrected chi connectivity index (χ1v) is 7.00. The predicted octanol–water partition coefficient (Wildman–Crippen LogP) is 1.34. The molecule has 116 valence electrons. The molecular formula is C13H21ClN6O. The lowest BCUT2D eigenvalue weighted by Gasteiger charge is -2.16. The van der Waals surface area contributed by atoms with Gasteiger partial charge in [-0.25, -0.2) is 4.68 Å². The Balaban J connectivity index is 0.00000161. The summed E-state index contributed by atoms with van der Waals surface area (Å²) in [7, 11) is 1.84. The summed E-state index contributed by atoms with van der Waals surface area (Å²) >= 11 is 0. The van der Waals surface area contributed by atoms with Gasteiger partial charge in [0.1, 0.15) is 5.82 Å². The fourth-order valence-corrected chi connectivity index (χ4v) is 3.20. The fraction of sp³-hybridized carbons (Fsp3) is 0.615. The van der Waals surface area contributed by atoms with Crippen molar-refractivity contribution in [2.45, 2.75) is 26.2 Å². The Morgan fingerprint density at radius 3 is 3.00 bits per heavy atom. The second kappa shape index (κ2) is 6.03. The fourth-order valence-electron chi connectivity index (χ4n) is 3.20. The van der Waals surface area contributed by atoms with Gasteiger partial charge >= 0.3 is 0 Å². The van der Waals surface area contributed by atoms with Crippen LogP contribution in [-0.2, 0) is 11.8 Å². The highest BCUT2D eigenvalue weighted by Gasteiger charge is 2.32. The van der Waals surface area contributed by atoms with Crippen LogP contribution in [0.1, 0.15) is 25.0 Å². The van der Waals surface area contributed by atoms with Crippen molar-refractivity contribution in [2.75, 3.05) is 11.9 Å². The van der Waals surface area contributed by atoms with E-state index in [1.165, 1.54) is 0 Å². The number of aryl methyl sites for hydroxylation is 2. The molecule has 4 N–H and O–H groups in total. The molecule has 0 saturated heterocycles. The van der Waals surface area contributed by atoms with Gasteiger partial charge in [-0.15, -0.1) is 12.4 Å². The number of carbonyl (C=O) groups excluding carboxylic acids is 1. The average molecular weight is 313 g/mol. The maximum Gasteiger partial charge on any atom is 0.228 e. The van der Waals surface area contributed by atoms with Crippen LogP contribution in [-0.4, -0.2) is 32.4 Å². The molecule has 2 heterocycles. The number of hydrogen-bond acceptors (Lipinski definition) is 4. The van der Waals surface area contributed by atoms with Gasteiger partial charge in [-0.3, -0.25) is 9.89 Å². The summed E-state index contributed by atoms with van der Waals surface area (Å²) in [4.78, 5) is 12.4. The lowest BCUT2D eigenvalue weighted by molar-refractivity contribution is -0.120. The van der Waals surface area contributed by atoms with Gasteiger partial charge < -0.3 is 11.1 Å². The van der Waals surface area contributed by atoms with Gasteiger partial charge in [-0.05, 0) is 32.2 Å². The molecule has 2 aromatic heterocycles. The Hall–Kier alpha value is -1.60. The monoisotopic (exact) mass is 312 g/mol. The first-order valence-electron chi connectivity index (χ1n) is 7.00. The van der Waals surface area contributed by atoms with Crippen molar-refractivity contribution >= 4 is 35.2 Å². The first-order chi connectivity index (χ1) is 9.61. The molecule has 7 nitrogen and oxygen atoms in total. The molecule has 3 rings (SSSR count). The summed E-state index contributed by atoms with van der Waals surface area (Å²) in [6.07, 6.45) is 3.03. The molecule has 2 atom stereocenters. The van der Waals surface area contributed by atoms with Crippen LogP contribution in [0.15, 0.2) is 0 Å². The van der Waals surface area contributed by atoms with Crippen LogP contribution in [0.3, 0.4) is 0 Å². The topological polar surface area (TPSA) is 102 Å². The summed E-state index contributed by atoms with van der Waals surface area (Å²) in [6, 6.07) is 0. The van der Waals surface area contributed by atoms with E-state index in [1.807, 2.05) is 14.0 Å². The second-order valence-electron chi connectivity index (χ2n) is 5.53. The van der Waals surface area contributed by atoms with Crippen molar-refractivity contribution in [2.24, 2.45) is 24.6 Å². The number of nitrogens with two attached hydrogens (primary N) is 1. The Kier molecular flexibility index (Phi) is 4.53. The Labute approximate surface area is 129 Å². The van der Waals surface area contributed by atoms with E-state index in [4.69, 9.17) is 5.73 Å². The molecule has 1 aliphatic carbocycles. The van der Waals surface area contributed by atoms with E-state index in [1.54, 1.807) is 4.68 Å². The number of carbonyl (C=O) groups is 1. The van der Waals surface area contributed by atoms with Gasteiger partial charge in [0.05, 0.1) is 11.1 Å². The molecule has 1 fully saturated rings. The number of nitrogens with zero attached hydrogens (tertiary/aromatic N) is 3. The molecule has 2 aromatic rings. The molecular weight excluding hydrogens is 292 g/mol. The quantitative estimate of drug-likeness (QED) is 0.796. The number of rotatable bonds is 3. The standard InChI is InChI=1S/C13H20N6O.ClH/c1-7-10-11(16-17-12(10)19(2)18-7)15-13(20)9-5-3-4-8(9)6-14;/h8-9H,3-6,14H2,1-2H3,(H2,15,16,17,20);1H/t8-,9-;/m1./s1. The molecule has 1 saturated carbocycles. The number of amides is 1. The van der Waals surface area contributed by atoms with Gasteiger partial charge in [-0.1, -0.05) is 6.42 Å². The van der Waals surface area contributed by atoms with Gasteiger partial charge in [0.25, 0.3) is 0 Å². The van der Waals surface area contributed by atoms with Gasteiger partial charge in [0.15, 0.2) is 5.65 Å². The zero-order valence-corrected chi connectivity index (χ0v) is 13.0. The number of H-pyrrole nitrogens is 1. The number of hydrogen-bond donors (Lipinski definition) is 3. The van der Waals surface area contributed by atoms with Crippen molar-refractivity contribution in [1.82, 2.24) is 20.0 Å². The van der Waals surface area contributed by atoms with Crippen molar-refractivity contribution in [1.29, 1.82) is 0 Å². The van der Waals surface area contributed by atoms with Gasteiger partial charge in [0.2, 0.25) is 5.91 Å². The first kappa shape index (κ1) is 15.8. The normalized spacial score (nSPS) is 21.5. The number of halogens is 1. The molecule has 0 radical (unpaired) electrons. The molecule has 21 heavy (non-hydrogen) atoms. The van der Waals surface area contributed by atoms with Gasteiger partial charge in [0, 0.05) is 13.0 Å². The minimum absolute atomic E-state index is 0. The van der Waals surface area contributed by atoms with Crippen LogP contribution >= 0.6 is 12.4 Å². The average Bonchev–Trinajstić information content (AvgIpc) is 3.09. The molecule has 0 aromatic carbocycles. The van der Waals surface area contributed by atoms with E-state index >= 15 is 0 Å². The summed E-state index contributed by atoms with van der Waals surface area (Å²) in [6.45, 7) is 2.48. The molecule has 8 heteroatoms. The Morgan fingerprint density at radius 2 is 2.29 bits per heavy atom. The summed E-state index contributed by atoms with van der Waals surface area (Å²) in [5.41, 5.74) is 7.34. The maximum atomic E-state index is 12.4. The Morgan fingerprint density at radius 1 is 1.52 bits per heavy atom. The SMILES string of the molecule is Cc1nn(C)c2n[nH]c(NC(=O)[C@@H]3CCC[C@@H]3CN)c12.Cl. The summed E-state index contributed by atoms with van der Waals surface area (Å²) in [5.74, 6) is 0.976. The van der Waals surface area contributed by atoms with Crippen LogP contribution in [0, 0.1) is 18.8 Å². The number of fused-ring (bicyclic) bond motifs is 1. The number of nitrogens with one attached hydrogen (secondary N) is 2. The molecule has 0 bridgehead atoms. The number of aromatic nitrogens is 4. The van der Waals surface area contributed by atoms with Crippen molar-refractivity contribution in [3.05, 3.63) is 5.69 Å². The summed E-state index contributed by atoms with van der Waals surface area (Å²) < 4.78 is 1.70. The third kappa shape index (κ3) is 2.63. The predicted molar refractivity (Wildman–Crippen MR) is 83.4 cm³/mol. The van der Waals surface area contributed by atoms with E-state index in [-0.39, 0.29) is 24.2 Å². The van der Waals surface area contributed by atoms with E-state index in [0.717, 1.165) is 36.0 Å². The van der Waals surface area contributed by atoms with Crippen LogP contribution in [0.2, 0.25) is 0 Å². The van der Waals surface area contributed by atoms with Crippen LogP contribution in [0.4, 0.5) is 5.82 Å². The zero-order valence-electron chi connectivity index (χ0n) is 12.2. The maximum absolute atomic E-state index is 12.4. The third-order valence-corrected chi connectivity index (χ3v) is 4.26. The largest absolute Gasteiger partial charge is 0.330 e. The molecule has 0 aliphatic heterocycles. The molecule has 1 aliphatic rings. The van der Waals surface area contributed by atoms with Crippen LogP contribution in [0.5, 0.6) is 0 Å². The highest BCUT2D eigenvalue weighted by Crippen LogP contribution is 2.32. The van der Waals surface area contributed by atoms with Crippen LogP contribution < -0.4 is 11.1 Å². The minimum Gasteiger partial charge on any atom is -0.330 e. The van der Waals surface area contributed by atoms with Crippen LogP contribution in [0.25, 0.3) is 11.0 Å². The van der Waals surface area contributed by atoms with Crippen molar-refractivity contribution < 1.29 is 4.79 Å². The molecule has 0 spiro atoms. The number of anilines is 1. The second-order valence-corrected chi connectivity index (χ2v) is 5.53. The summed E-state index contributed by atoms with van der Waals surface area (Å²) in [5, 5.41) is 15.2. The lowest BCUT2D eigenvalue weighted by Crippen LogP contribution is -2.29. The zero-order chi connectivity index (χ0) is 14.3. The highest BCUT2D eigenvalue weighted by molar-refractivity contribution is 6.00. The van der Waals surface area contributed by atoms with E-state index in [9.17, 15) is 4.79 Å².